The van der Waals surface area contributed by atoms with E-state index in [1.807, 2.05) is 0 Å². The van der Waals surface area contributed by atoms with Gasteiger partial charge in [-0.05, 0) is 31.4 Å². The van der Waals surface area contributed by atoms with Crippen LogP contribution in [0.25, 0.3) is 0 Å². The summed E-state index contributed by atoms with van der Waals surface area (Å²) in [6, 6.07) is 1.52. The molecule has 0 bridgehead atoms. The highest BCUT2D eigenvalue weighted by Crippen LogP contribution is 2.55. The van der Waals surface area contributed by atoms with E-state index in [0.717, 1.165) is 12.3 Å². The number of halogens is 6. The zero-order valence-corrected chi connectivity index (χ0v) is 18.3. The lowest BCUT2D eigenvalue weighted by molar-refractivity contribution is -0.143. The van der Waals surface area contributed by atoms with Gasteiger partial charge in [-0.15, -0.1) is 0 Å². The molecule has 1 fully saturated rings. The Kier molecular flexibility index (Phi) is 5.61. The molecule has 2 aliphatic rings. The largest absolute Gasteiger partial charge is 0.465 e. The summed E-state index contributed by atoms with van der Waals surface area (Å²) in [7, 11) is -4.20. The Balaban J connectivity index is 1.96. The van der Waals surface area contributed by atoms with Gasteiger partial charge in [0.25, 0.3) is 0 Å². The average molecular weight is 509 g/mol. The molecule has 6 nitrogen and oxygen atoms in total. The van der Waals surface area contributed by atoms with E-state index < -0.39 is 67.9 Å². The van der Waals surface area contributed by atoms with Gasteiger partial charge >= 0.3 is 22.5 Å². The summed E-state index contributed by atoms with van der Waals surface area (Å²) in [5, 5.41) is 0. The van der Waals surface area contributed by atoms with E-state index in [9.17, 15) is 39.6 Å². The Morgan fingerprint density at radius 1 is 1.12 bits per heavy atom. The lowest BCUT2D eigenvalue weighted by atomic mass is 9.65. The van der Waals surface area contributed by atoms with Crippen LogP contribution in [-0.2, 0) is 34.3 Å². The summed E-state index contributed by atoms with van der Waals surface area (Å²) in [5.74, 6) is -1.05. The minimum Gasteiger partial charge on any atom is -0.465 e. The number of benzene rings is 1. The monoisotopic (exact) mass is 509 g/mol. The third kappa shape index (κ3) is 4.32. The lowest BCUT2D eigenvalue weighted by Gasteiger charge is -2.37. The molecular weight excluding hydrogens is 492 g/mol. The molecule has 1 aliphatic carbocycles. The Labute approximate surface area is 189 Å². The van der Waals surface area contributed by atoms with Gasteiger partial charge in [0, 0.05) is 29.2 Å². The van der Waals surface area contributed by atoms with E-state index in [0.29, 0.717) is 25.2 Å². The quantitative estimate of drug-likeness (QED) is 0.420. The van der Waals surface area contributed by atoms with Gasteiger partial charge in [0.2, 0.25) is 11.2 Å². The van der Waals surface area contributed by atoms with Crippen molar-refractivity contribution in [3.63, 3.8) is 0 Å². The van der Waals surface area contributed by atoms with Crippen molar-refractivity contribution in [1.82, 2.24) is 0 Å². The van der Waals surface area contributed by atoms with E-state index in [-0.39, 0.29) is 30.4 Å². The molecule has 1 aliphatic heterocycles. The summed E-state index contributed by atoms with van der Waals surface area (Å²) >= 11 is 0. The molecule has 184 valence electrons. The smallest absolute Gasteiger partial charge is 0.416 e. The molecule has 2 aromatic rings. The fourth-order valence-corrected chi connectivity index (χ4v) is 5.12. The van der Waals surface area contributed by atoms with Gasteiger partial charge in [-0.25, -0.2) is 0 Å². The fourth-order valence-electron chi connectivity index (χ4n) is 4.64. The second-order valence-corrected chi connectivity index (χ2v) is 9.84. The molecule has 13 heteroatoms. The van der Waals surface area contributed by atoms with Crippen LogP contribution >= 0.6 is 0 Å². The van der Waals surface area contributed by atoms with Gasteiger partial charge in [-0.1, -0.05) is 6.42 Å². The highest BCUT2D eigenvalue weighted by molar-refractivity contribution is 7.86. The van der Waals surface area contributed by atoms with Crippen LogP contribution < -0.4 is 9.61 Å². The Morgan fingerprint density at radius 3 is 2.44 bits per heavy atom. The molecule has 1 aromatic heterocycles. The molecule has 0 amide bonds. The van der Waals surface area contributed by atoms with Crippen molar-refractivity contribution in [3.05, 3.63) is 57.1 Å². The summed E-state index contributed by atoms with van der Waals surface area (Å²) in [4.78, 5) is 16.4. The number of rotatable bonds is 4. The minimum atomic E-state index is -5.13. The first kappa shape index (κ1) is 24.3. The number of nitrogens with zero attached hydrogens (tertiary/aromatic N) is 1. The molecule has 1 unspecified atom stereocenters. The van der Waals surface area contributed by atoms with Crippen LogP contribution in [0.1, 0.15) is 48.1 Å². The Hall–Kier alpha value is -2.83. The number of fused-ring (bicyclic) bond motifs is 3. The Morgan fingerprint density at radius 2 is 1.82 bits per heavy atom. The number of hydrogen-bond donors (Lipinski definition) is 0. The number of aliphatic imine (C=N–C) groups is 1. The van der Waals surface area contributed by atoms with Crippen LogP contribution in [-0.4, -0.2) is 20.4 Å². The zero-order chi connectivity index (χ0) is 25.1. The summed E-state index contributed by atoms with van der Waals surface area (Å²) in [6.07, 6.45) is -7.73. The number of hydrogen-bond acceptors (Lipinski definition) is 6. The van der Waals surface area contributed by atoms with Crippen molar-refractivity contribution in [1.29, 1.82) is 0 Å². The second-order valence-electron chi connectivity index (χ2n) is 8.26. The molecule has 0 radical (unpaired) electrons. The van der Waals surface area contributed by atoms with Crippen molar-refractivity contribution >= 4 is 21.5 Å². The topological polar surface area (TPSA) is 85.9 Å². The summed E-state index contributed by atoms with van der Waals surface area (Å²) in [6.45, 7) is 0. The summed E-state index contributed by atoms with van der Waals surface area (Å²) < 4.78 is 116. The standard InChI is InChI=1S/C21H17F6NO5S/c1-34(30,31)33-18-14(29)5-7-32-15(18)10-19-6-3-2-4-16(19)28-13-9-11(20(22,23)24)8-12(17(13)19)21(25,26)27/h5,7-9H,2-4,6,10H2,1H3. The highest BCUT2D eigenvalue weighted by Gasteiger charge is 2.52. The van der Waals surface area contributed by atoms with Crippen LogP contribution in [0, 0.1) is 0 Å². The third-order valence-electron chi connectivity index (χ3n) is 5.91. The maximum Gasteiger partial charge on any atom is 0.416 e. The predicted molar refractivity (Wildman–Crippen MR) is 108 cm³/mol. The third-order valence-corrected chi connectivity index (χ3v) is 6.38. The molecule has 0 N–H and O–H groups in total. The molecule has 2 heterocycles. The average Bonchev–Trinajstić information content (AvgIpc) is 3.02. The van der Waals surface area contributed by atoms with E-state index in [1.54, 1.807) is 0 Å². The molecule has 4 rings (SSSR count). The first-order chi connectivity index (χ1) is 15.6. The highest BCUT2D eigenvalue weighted by atomic mass is 32.2. The van der Waals surface area contributed by atoms with Gasteiger partial charge in [0.05, 0.1) is 29.3 Å². The maximum absolute atomic E-state index is 14.0. The SMILES string of the molecule is CS(=O)(=O)Oc1c(CC23CCCCC2=Nc2cc(C(F)(F)F)cc(C(F)(F)F)c23)occc1=O. The first-order valence-corrected chi connectivity index (χ1v) is 11.8. The molecule has 1 aromatic carbocycles. The van der Waals surface area contributed by atoms with Crippen LogP contribution in [0.3, 0.4) is 0 Å². The van der Waals surface area contributed by atoms with Gasteiger partial charge < -0.3 is 8.60 Å². The van der Waals surface area contributed by atoms with Gasteiger partial charge in [0.1, 0.15) is 0 Å². The van der Waals surface area contributed by atoms with Crippen LogP contribution in [0.15, 0.2) is 38.7 Å². The zero-order valence-electron chi connectivity index (χ0n) is 17.5. The van der Waals surface area contributed by atoms with Crippen molar-refractivity contribution in [2.24, 2.45) is 4.99 Å². The second kappa shape index (κ2) is 7.85. The van der Waals surface area contributed by atoms with Gasteiger partial charge in [0.15, 0.2) is 5.76 Å². The fraction of sp³-hybridized carbons (Fsp3) is 0.429. The van der Waals surface area contributed by atoms with Crippen molar-refractivity contribution in [3.8, 4) is 5.75 Å². The minimum absolute atomic E-state index is 0.0583. The van der Waals surface area contributed by atoms with Gasteiger partial charge in [-0.3, -0.25) is 9.79 Å². The molecule has 0 spiro atoms. The molecule has 0 saturated heterocycles. The molecule has 34 heavy (non-hydrogen) atoms. The molecule has 1 saturated carbocycles. The van der Waals surface area contributed by atoms with Gasteiger partial charge in [-0.2, -0.15) is 34.8 Å². The predicted octanol–water partition coefficient (Wildman–Crippen LogP) is 5.16. The summed E-state index contributed by atoms with van der Waals surface area (Å²) in [5.41, 5.74) is -6.07. The number of alkyl halides is 6. The van der Waals surface area contributed by atoms with Crippen molar-refractivity contribution in [2.45, 2.75) is 49.9 Å². The van der Waals surface area contributed by atoms with Crippen molar-refractivity contribution < 1.29 is 43.4 Å². The van der Waals surface area contributed by atoms with Crippen LogP contribution in [0.5, 0.6) is 5.75 Å². The molecular formula is C21H17F6NO5S. The van der Waals surface area contributed by atoms with E-state index >= 15 is 0 Å². The van der Waals surface area contributed by atoms with E-state index in [2.05, 4.69) is 4.99 Å². The normalized spacial score (nSPS) is 20.5. The first-order valence-electron chi connectivity index (χ1n) is 10.0. The van der Waals surface area contributed by atoms with Crippen LogP contribution in [0.4, 0.5) is 32.0 Å². The van der Waals surface area contributed by atoms with Crippen molar-refractivity contribution in [2.75, 3.05) is 6.26 Å². The maximum atomic E-state index is 14.0. The lowest BCUT2D eigenvalue weighted by Crippen LogP contribution is -2.40. The van der Waals surface area contributed by atoms with E-state index in [4.69, 9.17) is 8.60 Å². The Bertz CT molecular complexity index is 1340. The van der Waals surface area contributed by atoms with E-state index in [1.165, 1.54) is 0 Å². The molecule has 1 atom stereocenters. The van der Waals surface area contributed by atoms with Crippen LogP contribution in [0.2, 0.25) is 0 Å².